The van der Waals surface area contributed by atoms with Gasteiger partial charge >= 0.3 is 0 Å². The summed E-state index contributed by atoms with van der Waals surface area (Å²) < 4.78 is 5.85. The molecule has 0 aromatic rings. The van der Waals surface area contributed by atoms with E-state index >= 15 is 0 Å². The maximum absolute atomic E-state index is 5.85. The zero-order valence-corrected chi connectivity index (χ0v) is 13.3. The van der Waals surface area contributed by atoms with Gasteiger partial charge in [-0.15, -0.1) is 0 Å². The molecule has 0 radical (unpaired) electrons. The van der Waals surface area contributed by atoms with E-state index in [1.54, 1.807) is 0 Å². The molecule has 1 atom stereocenters. The Morgan fingerprint density at radius 3 is 2.63 bits per heavy atom. The Balaban J connectivity index is 1.83. The zero-order chi connectivity index (χ0) is 13.8. The fraction of sp³-hybridized carbons (Fsp3) is 1.00. The van der Waals surface area contributed by atoms with Gasteiger partial charge in [-0.05, 0) is 38.6 Å². The maximum Gasteiger partial charge on any atom is 0.0594 e. The normalized spacial score (nSPS) is 18.6. The molecule has 114 valence electrons. The fourth-order valence-electron chi connectivity index (χ4n) is 2.97. The molecule has 0 bridgehead atoms. The van der Waals surface area contributed by atoms with Crippen LogP contribution < -0.4 is 5.32 Å². The molecule has 1 N–H and O–H groups in total. The van der Waals surface area contributed by atoms with E-state index in [9.17, 15) is 0 Å². The van der Waals surface area contributed by atoms with Gasteiger partial charge in [0.1, 0.15) is 0 Å². The lowest BCUT2D eigenvalue weighted by molar-refractivity contribution is 0.0598. The van der Waals surface area contributed by atoms with Gasteiger partial charge in [-0.3, -0.25) is 0 Å². The summed E-state index contributed by atoms with van der Waals surface area (Å²) in [6, 6.07) is 0. The third-order valence-electron chi connectivity index (χ3n) is 4.30. The molecule has 0 aliphatic heterocycles. The second-order valence-electron chi connectivity index (χ2n) is 6.24. The van der Waals surface area contributed by atoms with Crippen molar-refractivity contribution in [2.45, 2.75) is 84.2 Å². The first-order valence-corrected chi connectivity index (χ1v) is 8.65. The lowest BCUT2D eigenvalue weighted by Crippen LogP contribution is -2.28. The van der Waals surface area contributed by atoms with E-state index in [-0.39, 0.29) is 0 Å². The highest BCUT2D eigenvalue weighted by Gasteiger charge is 2.12. The molecule has 0 amide bonds. The molecule has 1 unspecified atom stereocenters. The monoisotopic (exact) mass is 269 g/mol. The summed E-state index contributed by atoms with van der Waals surface area (Å²) in [5.74, 6) is 0.931. The highest BCUT2D eigenvalue weighted by atomic mass is 16.5. The second-order valence-corrected chi connectivity index (χ2v) is 6.24. The summed E-state index contributed by atoms with van der Waals surface area (Å²) in [6.45, 7) is 7.58. The van der Waals surface area contributed by atoms with Crippen LogP contribution in [-0.4, -0.2) is 25.8 Å². The fourth-order valence-corrected chi connectivity index (χ4v) is 2.97. The van der Waals surface area contributed by atoms with E-state index < -0.39 is 0 Å². The smallest absolute Gasteiger partial charge is 0.0594 e. The molecule has 0 saturated heterocycles. The van der Waals surface area contributed by atoms with Crippen molar-refractivity contribution >= 4 is 0 Å². The van der Waals surface area contributed by atoms with Crippen LogP contribution in [0.4, 0.5) is 0 Å². The molecule has 0 aromatic heterocycles. The largest absolute Gasteiger partial charge is 0.377 e. The molecule has 1 aliphatic carbocycles. The predicted molar refractivity (Wildman–Crippen MR) is 83.6 cm³/mol. The lowest BCUT2D eigenvalue weighted by Gasteiger charge is -2.22. The third kappa shape index (κ3) is 9.45. The van der Waals surface area contributed by atoms with Crippen molar-refractivity contribution in [3.8, 4) is 0 Å². The minimum Gasteiger partial charge on any atom is -0.377 e. The Hall–Kier alpha value is -0.0800. The molecule has 2 heteroatoms. The standard InChI is InChI=1S/C17H35NO/c1-3-4-5-7-10-16(2)19-14-13-18-15-17-11-8-6-9-12-17/h16-18H,3-15H2,1-2H3. The minimum atomic E-state index is 0.438. The summed E-state index contributed by atoms with van der Waals surface area (Å²) in [5.41, 5.74) is 0. The van der Waals surface area contributed by atoms with E-state index in [0.717, 1.165) is 19.1 Å². The minimum absolute atomic E-state index is 0.438. The average molecular weight is 269 g/mol. The van der Waals surface area contributed by atoms with Crippen molar-refractivity contribution in [1.29, 1.82) is 0 Å². The Morgan fingerprint density at radius 2 is 1.89 bits per heavy atom. The zero-order valence-electron chi connectivity index (χ0n) is 13.3. The van der Waals surface area contributed by atoms with Gasteiger partial charge in [-0.1, -0.05) is 51.9 Å². The van der Waals surface area contributed by atoms with Crippen LogP contribution in [0.15, 0.2) is 0 Å². The van der Waals surface area contributed by atoms with Crippen molar-refractivity contribution in [3.63, 3.8) is 0 Å². The number of nitrogens with one attached hydrogen (secondary N) is 1. The van der Waals surface area contributed by atoms with Crippen LogP contribution in [0.2, 0.25) is 0 Å². The summed E-state index contributed by atoms with van der Waals surface area (Å²) in [7, 11) is 0. The number of rotatable bonds is 11. The second kappa shape index (κ2) is 11.7. The lowest BCUT2D eigenvalue weighted by atomic mass is 9.89. The molecule has 0 aromatic carbocycles. The quantitative estimate of drug-likeness (QED) is 0.556. The van der Waals surface area contributed by atoms with E-state index in [0.29, 0.717) is 6.10 Å². The van der Waals surface area contributed by atoms with Crippen LogP contribution in [-0.2, 0) is 4.74 Å². The van der Waals surface area contributed by atoms with Crippen LogP contribution in [0.1, 0.15) is 78.1 Å². The van der Waals surface area contributed by atoms with Crippen LogP contribution in [0.5, 0.6) is 0 Å². The van der Waals surface area contributed by atoms with Crippen molar-refractivity contribution in [2.75, 3.05) is 19.7 Å². The average Bonchev–Trinajstić information content (AvgIpc) is 2.44. The number of unbranched alkanes of at least 4 members (excludes halogenated alkanes) is 3. The summed E-state index contributed by atoms with van der Waals surface area (Å²) >= 11 is 0. The predicted octanol–water partition coefficient (Wildman–Crippen LogP) is 4.53. The number of hydrogen-bond donors (Lipinski definition) is 1. The Kier molecular flexibility index (Phi) is 10.5. The first-order chi connectivity index (χ1) is 9.33. The van der Waals surface area contributed by atoms with E-state index in [4.69, 9.17) is 4.74 Å². The molecule has 1 aliphatic rings. The van der Waals surface area contributed by atoms with Gasteiger partial charge in [0.25, 0.3) is 0 Å². The molecule has 2 nitrogen and oxygen atoms in total. The first-order valence-electron chi connectivity index (χ1n) is 8.65. The van der Waals surface area contributed by atoms with Gasteiger partial charge in [-0.2, -0.15) is 0 Å². The Labute approximate surface area is 120 Å². The van der Waals surface area contributed by atoms with Gasteiger partial charge in [0.05, 0.1) is 12.7 Å². The van der Waals surface area contributed by atoms with E-state index in [1.807, 2.05) is 0 Å². The van der Waals surface area contributed by atoms with Gasteiger partial charge in [-0.25, -0.2) is 0 Å². The molecule has 0 heterocycles. The first kappa shape index (κ1) is 17.0. The molecular formula is C17H35NO. The van der Waals surface area contributed by atoms with Crippen LogP contribution in [0.25, 0.3) is 0 Å². The molecule has 1 fully saturated rings. The van der Waals surface area contributed by atoms with Gasteiger partial charge < -0.3 is 10.1 Å². The van der Waals surface area contributed by atoms with Crippen molar-refractivity contribution in [2.24, 2.45) is 5.92 Å². The van der Waals surface area contributed by atoms with E-state index in [2.05, 4.69) is 19.2 Å². The van der Waals surface area contributed by atoms with E-state index in [1.165, 1.54) is 70.8 Å². The molecule has 1 rings (SSSR count). The van der Waals surface area contributed by atoms with Gasteiger partial charge in [0, 0.05) is 6.54 Å². The van der Waals surface area contributed by atoms with Crippen molar-refractivity contribution in [1.82, 2.24) is 5.32 Å². The van der Waals surface area contributed by atoms with Crippen LogP contribution in [0, 0.1) is 5.92 Å². The summed E-state index contributed by atoms with van der Waals surface area (Å²) in [4.78, 5) is 0. The van der Waals surface area contributed by atoms with Crippen LogP contribution >= 0.6 is 0 Å². The highest BCUT2D eigenvalue weighted by molar-refractivity contribution is 4.67. The Morgan fingerprint density at radius 1 is 1.11 bits per heavy atom. The molecule has 0 spiro atoms. The number of ether oxygens (including phenoxy) is 1. The SMILES string of the molecule is CCCCCCC(C)OCCNCC1CCCCC1. The Bertz CT molecular complexity index is 190. The topological polar surface area (TPSA) is 21.3 Å². The molecule has 1 saturated carbocycles. The maximum atomic E-state index is 5.85. The van der Waals surface area contributed by atoms with Gasteiger partial charge in [0.15, 0.2) is 0 Å². The molecular weight excluding hydrogens is 234 g/mol. The van der Waals surface area contributed by atoms with Crippen LogP contribution in [0.3, 0.4) is 0 Å². The third-order valence-corrected chi connectivity index (χ3v) is 4.30. The summed E-state index contributed by atoms with van der Waals surface area (Å²) in [5, 5.41) is 3.56. The highest BCUT2D eigenvalue weighted by Crippen LogP contribution is 2.22. The van der Waals surface area contributed by atoms with Crippen molar-refractivity contribution < 1.29 is 4.74 Å². The van der Waals surface area contributed by atoms with Crippen molar-refractivity contribution in [3.05, 3.63) is 0 Å². The van der Waals surface area contributed by atoms with Gasteiger partial charge in [0.2, 0.25) is 0 Å². The summed E-state index contributed by atoms with van der Waals surface area (Å²) in [6.07, 6.45) is 14.2. The molecule has 19 heavy (non-hydrogen) atoms. The number of hydrogen-bond acceptors (Lipinski definition) is 2.